The minimum Gasteiger partial charge on any atom is -0.467 e. The summed E-state index contributed by atoms with van der Waals surface area (Å²) in [6.45, 7) is 0.634. The van der Waals surface area contributed by atoms with Crippen molar-refractivity contribution in [2.24, 2.45) is 0 Å². The first kappa shape index (κ1) is 14.4. The third-order valence-electron chi connectivity index (χ3n) is 2.26. The number of rotatable bonds is 7. The first-order valence-corrected chi connectivity index (χ1v) is 7.13. The maximum Gasteiger partial charge on any atom is 0.129 e. The van der Waals surface area contributed by atoms with Gasteiger partial charge in [0.2, 0.25) is 0 Å². The summed E-state index contributed by atoms with van der Waals surface area (Å²) < 4.78 is 10.5. The molecule has 0 saturated carbocycles. The smallest absolute Gasteiger partial charge is 0.129 e. The standard InChI is InChI=1S/C13H14ClNO3S/c14-10-3-4-13(15-6-10)19-9-11(16)7-17-8-12-2-1-5-18-12/h1-6,11,16H,7-9H2. The number of aliphatic hydroxyl groups is 1. The van der Waals surface area contributed by atoms with Gasteiger partial charge in [-0.15, -0.1) is 11.8 Å². The van der Waals surface area contributed by atoms with Gasteiger partial charge in [-0.3, -0.25) is 0 Å². The zero-order valence-electron chi connectivity index (χ0n) is 10.2. The van der Waals surface area contributed by atoms with Crippen LogP contribution in [0.1, 0.15) is 5.76 Å². The highest BCUT2D eigenvalue weighted by molar-refractivity contribution is 7.99. The highest BCUT2D eigenvalue weighted by Gasteiger charge is 2.07. The normalized spacial score (nSPS) is 12.5. The number of hydrogen-bond acceptors (Lipinski definition) is 5. The summed E-state index contributed by atoms with van der Waals surface area (Å²) in [6.07, 6.45) is 2.64. The van der Waals surface area contributed by atoms with E-state index in [9.17, 15) is 5.11 Å². The molecular formula is C13H14ClNO3S. The molecule has 1 atom stereocenters. The molecule has 0 aliphatic carbocycles. The SMILES string of the molecule is OC(COCc1ccco1)CSc1ccc(Cl)cn1. The average Bonchev–Trinajstić information content (AvgIpc) is 2.91. The molecule has 0 radical (unpaired) electrons. The monoisotopic (exact) mass is 299 g/mol. The largest absolute Gasteiger partial charge is 0.467 e. The van der Waals surface area contributed by atoms with Gasteiger partial charge < -0.3 is 14.3 Å². The highest BCUT2D eigenvalue weighted by Crippen LogP contribution is 2.18. The number of hydrogen-bond donors (Lipinski definition) is 1. The Hall–Kier alpha value is -1.01. The zero-order valence-corrected chi connectivity index (χ0v) is 11.7. The van der Waals surface area contributed by atoms with Crippen molar-refractivity contribution in [1.29, 1.82) is 0 Å². The molecule has 1 N–H and O–H groups in total. The average molecular weight is 300 g/mol. The molecule has 0 saturated heterocycles. The van der Waals surface area contributed by atoms with Crippen molar-refractivity contribution < 1.29 is 14.3 Å². The Morgan fingerprint density at radius 1 is 1.42 bits per heavy atom. The number of aliphatic hydroxyl groups excluding tert-OH is 1. The summed E-state index contributed by atoms with van der Waals surface area (Å²) in [5, 5.41) is 11.2. The van der Waals surface area contributed by atoms with Gasteiger partial charge >= 0.3 is 0 Å². The van der Waals surface area contributed by atoms with Gasteiger partial charge in [-0.2, -0.15) is 0 Å². The summed E-state index contributed by atoms with van der Waals surface area (Å²) in [4.78, 5) is 4.14. The van der Waals surface area contributed by atoms with Crippen LogP contribution in [0.2, 0.25) is 5.02 Å². The molecule has 0 aromatic carbocycles. The molecular weight excluding hydrogens is 286 g/mol. The minimum atomic E-state index is -0.544. The summed E-state index contributed by atoms with van der Waals surface area (Å²) >= 11 is 7.20. The molecule has 4 nitrogen and oxygen atoms in total. The molecule has 6 heteroatoms. The molecule has 0 fully saturated rings. The van der Waals surface area contributed by atoms with Gasteiger partial charge in [0.05, 0.1) is 29.0 Å². The zero-order chi connectivity index (χ0) is 13.5. The number of ether oxygens (including phenoxy) is 1. The molecule has 2 heterocycles. The van der Waals surface area contributed by atoms with E-state index in [0.717, 1.165) is 10.8 Å². The van der Waals surface area contributed by atoms with Crippen molar-refractivity contribution >= 4 is 23.4 Å². The molecule has 102 valence electrons. The number of nitrogens with zero attached hydrogens (tertiary/aromatic N) is 1. The van der Waals surface area contributed by atoms with Crippen molar-refractivity contribution in [2.45, 2.75) is 17.7 Å². The van der Waals surface area contributed by atoms with Crippen molar-refractivity contribution in [3.05, 3.63) is 47.5 Å². The lowest BCUT2D eigenvalue weighted by molar-refractivity contribution is 0.0328. The Bertz CT molecular complexity index is 475. The van der Waals surface area contributed by atoms with E-state index in [1.165, 1.54) is 11.8 Å². The van der Waals surface area contributed by atoms with E-state index in [4.69, 9.17) is 20.8 Å². The van der Waals surface area contributed by atoms with Gasteiger partial charge in [0, 0.05) is 11.9 Å². The molecule has 0 bridgehead atoms. The molecule has 2 rings (SSSR count). The Morgan fingerprint density at radius 2 is 2.32 bits per heavy atom. The molecule has 2 aromatic rings. The first-order valence-electron chi connectivity index (χ1n) is 5.76. The van der Waals surface area contributed by atoms with E-state index in [0.29, 0.717) is 17.4 Å². The lowest BCUT2D eigenvalue weighted by Crippen LogP contribution is -2.17. The van der Waals surface area contributed by atoms with Crippen molar-refractivity contribution in [3.8, 4) is 0 Å². The van der Waals surface area contributed by atoms with E-state index >= 15 is 0 Å². The van der Waals surface area contributed by atoms with E-state index < -0.39 is 6.10 Å². The second-order valence-electron chi connectivity index (χ2n) is 3.87. The number of halogens is 1. The van der Waals surface area contributed by atoms with Crippen molar-refractivity contribution in [3.63, 3.8) is 0 Å². The number of pyridine rings is 1. The Morgan fingerprint density at radius 3 is 3.00 bits per heavy atom. The summed E-state index contributed by atoms with van der Waals surface area (Å²) in [5.74, 6) is 1.27. The van der Waals surface area contributed by atoms with E-state index in [1.807, 2.05) is 12.1 Å². The van der Waals surface area contributed by atoms with Crippen LogP contribution in [-0.2, 0) is 11.3 Å². The van der Waals surface area contributed by atoms with Crippen LogP contribution in [-0.4, -0.2) is 28.6 Å². The molecule has 2 aromatic heterocycles. The van der Waals surface area contributed by atoms with E-state index in [1.54, 1.807) is 24.6 Å². The highest BCUT2D eigenvalue weighted by atomic mass is 35.5. The fourth-order valence-electron chi connectivity index (χ4n) is 1.37. The lowest BCUT2D eigenvalue weighted by Gasteiger charge is -2.09. The van der Waals surface area contributed by atoms with Gasteiger partial charge in [0.1, 0.15) is 12.4 Å². The second-order valence-corrected chi connectivity index (χ2v) is 5.35. The predicted octanol–water partition coefficient (Wildman–Crippen LogP) is 3.00. The van der Waals surface area contributed by atoms with Crippen LogP contribution in [0, 0.1) is 0 Å². The van der Waals surface area contributed by atoms with Crippen LogP contribution >= 0.6 is 23.4 Å². The third-order valence-corrected chi connectivity index (χ3v) is 3.57. The molecule has 0 amide bonds. The quantitative estimate of drug-likeness (QED) is 0.797. The van der Waals surface area contributed by atoms with Gasteiger partial charge in [0.15, 0.2) is 0 Å². The fourth-order valence-corrected chi connectivity index (χ4v) is 2.23. The summed E-state index contributed by atoms with van der Waals surface area (Å²) in [7, 11) is 0. The third kappa shape index (κ3) is 5.24. The number of thioether (sulfide) groups is 1. The fraction of sp³-hybridized carbons (Fsp3) is 0.308. The maximum atomic E-state index is 9.76. The number of furan rings is 1. The van der Waals surface area contributed by atoms with Crippen LogP contribution in [0.3, 0.4) is 0 Å². The molecule has 19 heavy (non-hydrogen) atoms. The molecule has 0 aliphatic heterocycles. The van der Waals surface area contributed by atoms with Crippen LogP contribution in [0.15, 0.2) is 46.2 Å². The predicted molar refractivity (Wildman–Crippen MR) is 74.3 cm³/mol. The van der Waals surface area contributed by atoms with Crippen molar-refractivity contribution in [1.82, 2.24) is 4.98 Å². The maximum absolute atomic E-state index is 9.76. The van der Waals surface area contributed by atoms with E-state index in [2.05, 4.69) is 4.98 Å². The molecule has 0 aliphatic rings. The minimum absolute atomic E-state index is 0.265. The van der Waals surface area contributed by atoms with Crippen LogP contribution < -0.4 is 0 Å². The summed E-state index contributed by atoms with van der Waals surface area (Å²) in [6, 6.07) is 7.23. The van der Waals surface area contributed by atoms with E-state index in [-0.39, 0.29) is 6.61 Å². The second kappa shape index (κ2) is 7.55. The van der Waals surface area contributed by atoms with Gasteiger partial charge in [-0.25, -0.2) is 4.98 Å². The lowest BCUT2D eigenvalue weighted by atomic mass is 10.4. The van der Waals surface area contributed by atoms with Gasteiger partial charge in [0.25, 0.3) is 0 Å². The Balaban J connectivity index is 1.64. The molecule has 1 unspecified atom stereocenters. The number of aromatic nitrogens is 1. The summed E-state index contributed by atoms with van der Waals surface area (Å²) in [5.41, 5.74) is 0. The first-order chi connectivity index (χ1) is 9.24. The van der Waals surface area contributed by atoms with Crippen LogP contribution in [0.4, 0.5) is 0 Å². The Labute approximate surface area is 120 Å². The Kier molecular flexibility index (Phi) is 5.72. The van der Waals surface area contributed by atoms with Gasteiger partial charge in [-0.1, -0.05) is 11.6 Å². The van der Waals surface area contributed by atoms with Crippen molar-refractivity contribution in [2.75, 3.05) is 12.4 Å². The topological polar surface area (TPSA) is 55.5 Å². The van der Waals surface area contributed by atoms with Gasteiger partial charge in [-0.05, 0) is 24.3 Å². The van der Waals surface area contributed by atoms with Crippen LogP contribution in [0.25, 0.3) is 0 Å². The molecule has 0 spiro atoms. The van der Waals surface area contributed by atoms with Crippen LogP contribution in [0.5, 0.6) is 0 Å².